The highest BCUT2D eigenvalue weighted by atomic mass is 16.3. The molecule has 1 fully saturated rings. The Labute approximate surface area is 121 Å². The lowest BCUT2D eigenvalue weighted by Crippen LogP contribution is -2.48. The Balaban J connectivity index is 2.44. The van der Waals surface area contributed by atoms with E-state index < -0.39 is 5.60 Å². The van der Waals surface area contributed by atoms with Gasteiger partial charge in [0, 0.05) is 26.6 Å². The van der Waals surface area contributed by atoms with Crippen LogP contribution in [0.25, 0.3) is 0 Å². The third-order valence-electron chi connectivity index (χ3n) is 3.73. The van der Waals surface area contributed by atoms with Crippen LogP contribution in [0.2, 0.25) is 0 Å². The van der Waals surface area contributed by atoms with E-state index in [1.165, 1.54) is 6.92 Å². The number of amides is 2. The third kappa shape index (κ3) is 5.49. The molecule has 0 aromatic carbocycles. The van der Waals surface area contributed by atoms with E-state index >= 15 is 0 Å². The van der Waals surface area contributed by atoms with E-state index in [-0.39, 0.29) is 24.3 Å². The summed E-state index contributed by atoms with van der Waals surface area (Å²) in [5.74, 6) is 0.196. The quantitative estimate of drug-likeness (QED) is 0.796. The first-order valence-electron chi connectivity index (χ1n) is 7.47. The molecule has 116 valence electrons. The van der Waals surface area contributed by atoms with Crippen molar-refractivity contribution in [3.63, 3.8) is 0 Å². The Hall–Kier alpha value is -1.10. The minimum Gasteiger partial charge on any atom is -0.388 e. The zero-order chi connectivity index (χ0) is 15.3. The molecule has 2 N–H and O–H groups in total. The first-order chi connectivity index (χ1) is 9.21. The second-order valence-corrected chi connectivity index (χ2v) is 6.62. The van der Waals surface area contributed by atoms with Crippen LogP contribution in [0.1, 0.15) is 47.0 Å². The molecule has 0 aliphatic carbocycles. The summed E-state index contributed by atoms with van der Waals surface area (Å²) in [6.07, 6.45) is 2.32. The number of hydrogen-bond donors (Lipinski definition) is 2. The number of piperidine rings is 1. The average molecular weight is 284 g/mol. The minimum absolute atomic E-state index is 0.0225. The molecule has 1 saturated heterocycles. The van der Waals surface area contributed by atoms with Crippen LogP contribution in [0, 0.1) is 11.8 Å². The van der Waals surface area contributed by atoms with Gasteiger partial charge in [-0.25, -0.2) is 0 Å². The maximum atomic E-state index is 12.1. The minimum atomic E-state index is -0.876. The van der Waals surface area contributed by atoms with Gasteiger partial charge in [-0.05, 0) is 32.1 Å². The van der Waals surface area contributed by atoms with E-state index in [2.05, 4.69) is 5.32 Å². The molecule has 0 spiro atoms. The highest BCUT2D eigenvalue weighted by Gasteiger charge is 2.29. The van der Waals surface area contributed by atoms with Gasteiger partial charge in [-0.2, -0.15) is 0 Å². The number of carbonyl (C=O) groups excluding carboxylic acids is 2. The summed E-state index contributed by atoms with van der Waals surface area (Å²) in [6, 6.07) is 0. The van der Waals surface area contributed by atoms with Crippen molar-refractivity contribution >= 4 is 11.8 Å². The van der Waals surface area contributed by atoms with Gasteiger partial charge in [-0.3, -0.25) is 9.59 Å². The summed E-state index contributed by atoms with van der Waals surface area (Å²) < 4.78 is 0. The predicted octanol–water partition coefficient (Wildman–Crippen LogP) is 1.16. The normalized spacial score (nSPS) is 22.5. The van der Waals surface area contributed by atoms with Gasteiger partial charge >= 0.3 is 0 Å². The highest BCUT2D eigenvalue weighted by molar-refractivity contribution is 5.80. The molecule has 20 heavy (non-hydrogen) atoms. The number of nitrogens with zero attached hydrogens (tertiary/aromatic N) is 1. The number of nitrogens with one attached hydrogen (secondary N) is 1. The van der Waals surface area contributed by atoms with Crippen molar-refractivity contribution in [2.75, 3.05) is 19.6 Å². The maximum Gasteiger partial charge on any atom is 0.225 e. The van der Waals surface area contributed by atoms with E-state index in [0.717, 1.165) is 19.4 Å². The smallest absolute Gasteiger partial charge is 0.225 e. The standard InChI is InChI=1S/C15H28N2O3/c1-11(2)8-15(4,20)10-16-14(19)13-6-5-7-17(9-13)12(3)18/h11,13,20H,5-10H2,1-4H3,(H,16,19). The lowest BCUT2D eigenvalue weighted by Gasteiger charge is -2.32. The van der Waals surface area contributed by atoms with Gasteiger partial charge in [0.25, 0.3) is 0 Å². The van der Waals surface area contributed by atoms with Crippen molar-refractivity contribution in [1.82, 2.24) is 10.2 Å². The van der Waals surface area contributed by atoms with Crippen LogP contribution in [0.5, 0.6) is 0 Å². The third-order valence-corrected chi connectivity index (χ3v) is 3.73. The van der Waals surface area contributed by atoms with Crippen LogP contribution in [0.4, 0.5) is 0 Å². The second-order valence-electron chi connectivity index (χ2n) is 6.62. The lowest BCUT2D eigenvalue weighted by molar-refractivity contribution is -0.134. The van der Waals surface area contributed by atoms with E-state index in [1.807, 2.05) is 13.8 Å². The van der Waals surface area contributed by atoms with Gasteiger partial charge in [-0.15, -0.1) is 0 Å². The fourth-order valence-corrected chi connectivity index (χ4v) is 2.85. The fraction of sp³-hybridized carbons (Fsp3) is 0.867. The summed E-state index contributed by atoms with van der Waals surface area (Å²) in [6.45, 7) is 8.87. The van der Waals surface area contributed by atoms with Gasteiger partial charge < -0.3 is 15.3 Å². The van der Waals surface area contributed by atoms with E-state index in [0.29, 0.717) is 18.9 Å². The average Bonchev–Trinajstić information content (AvgIpc) is 2.34. The summed E-state index contributed by atoms with van der Waals surface area (Å²) >= 11 is 0. The topological polar surface area (TPSA) is 69.6 Å². The van der Waals surface area contributed by atoms with Crippen molar-refractivity contribution < 1.29 is 14.7 Å². The lowest BCUT2D eigenvalue weighted by atomic mass is 9.93. The van der Waals surface area contributed by atoms with Crippen molar-refractivity contribution in [3.05, 3.63) is 0 Å². The Morgan fingerprint density at radius 1 is 1.45 bits per heavy atom. The van der Waals surface area contributed by atoms with Gasteiger partial charge in [0.05, 0.1) is 11.5 Å². The summed E-state index contributed by atoms with van der Waals surface area (Å²) in [4.78, 5) is 25.2. The molecule has 2 atom stereocenters. The SMILES string of the molecule is CC(=O)N1CCCC(C(=O)NCC(C)(O)CC(C)C)C1. The molecule has 1 rings (SSSR count). The molecule has 0 aromatic rings. The Morgan fingerprint density at radius 3 is 2.65 bits per heavy atom. The van der Waals surface area contributed by atoms with Crippen LogP contribution in [0.15, 0.2) is 0 Å². The van der Waals surface area contributed by atoms with Gasteiger partial charge in [0.2, 0.25) is 11.8 Å². The Morgan fingerprint density at radius 2 is 2.10 bits per heavy atom. The number of aliphatic hydroxyl groups is 1. The van der Waals surface area contributed by atoms with Crippen LogP contribution >= 0.6 is 0 Å². The van der Waals surface area contributed by atoms with Gasteiger partial charge in [-0.1, -0.05) is 13.8 Å². The molecule has 2 unspecified atom stereocenters. The molecule has 1 aliphatic rings. The van der Waals surface area contributed by atoms with Gasteiger partial charge in [0.1, 0.15) is 0 Å². The highest BCUT2D eigenvalue weighted by Crippen LogP contribution is 2.18. The Kier molecular flexibility index (Phi) is 5.99. The van der Waals surface area contributed by atoms with Gasteiger partial charge in [0.15, 0.2) is 0 Å². The summed E-state index contributed by atoms with van der Waals surface area (Å²) in [5.41, 5.74) is -0.876. The monoisotopic (exact) mass is 284 g/mol. The number of rotatable bonds is 5. The fourth-order valence-electron chi connectivity index (χ4n) is 2.85. The number of carbonyl (C=O) groups is 2. The molecular formula is C15H28N2O3. The summed E-state index contributed by atoms with van der Waals surface area (Å²) in [5, 5.41) is 13.0. The number of hydrogen-bond acceptors (Lipinski definition) is 3. The molecule has 0 saturated carbocycles. The molecular weight excluding hydrogens is 256 g/mol. The zero-order valence-electron chi connectivity index (χ0n) is 13.1. The molecule has 2 amide bonds. The van der Waals surface area contributed by atoms with Crippen LogP contribution in [0.3, 0.4) is 0 Å². The predicted molar refractivity (Wildman–Crippen MR) is 78.1 cm³/mol. The van der Waals surface area contributed by atoms with Crippen LogP contribution < -0.4 is 5.32 Å². The summed E-state index contributed by atoms with van der Waals surface area (Å²) in [7, 11) is 0. The van der Waals surface area contributed by atoms with E-state index in [1.54, 1.807) is 11.8 Å². The second kappa shape index (κ2) is 7.07. The number of likely N-dealkylation sites (tertiary alicyclic amines) is 1. The molecule has 5 heteroatoms. The largest absolute Gasteiger partial charge is 0.388 e. The Bertz CT molecular complexity index is 353. The molecule has 0 radical (unpaired) electrons. The van der Waals surface area contributed by atoms with Crippen molar-refractivity contribution in [3.8, 4) is 0 Å². The van der Waals surface area contributed by atoms with Crippen LogP contribution in [-0.4, -0.2) is 47.1 Å². The molecule has 0 aromatic heterocycles. The van der Waals surface area contributed by atoms with E-state index in [4.69, 9.17) is 0 Å². The molecule has 1 aliphatic heterocycles. The first kappa shape index (κ1) is 17.0. The van der Waals surface area contributed by atoms with Crippen LogP contribution in [-0.2, 0) is 9.59 Å². The van der Waals surface area contributed by atoms with Crippen molar-refractivity contribution in [2.24, 2.45) is 11.8 Å². The molecule has 5 nitrogen and oxygen atoms in total. The zero-order valence-corrected chi connectivity index (χ0v) is 13.1. The van der Waals surface area contributed by atoms with Crippen molar-refractivity contribution in [2.45, 2.75) is 52.6 Å². The molecule has 0 bridgehead atoms. The maximum absolute atomic E-state index is 12.1. The first-order valence-corrected chi connectivity index (χ1v) is 7.47. The van der Waals surface area contributed by atoms with Crippen molar-refractivity contribution in [1.29, 1.82) is 0 Å². The molecule has 1 heterocycles. The van der Waals surface area contributed by atoms with E-state index in [9.17, 15) is 14.7 Å².